The predicted octanol–water partition coefficient (Wildman–Crippen LogP) is 1.32. The monoisotopic (exact) mass is 266 g/mol. The Bertz CT molecular complexity index is 392. The van der Waals surface area contributed by atoms with Gasteiger partial charge in [0.1, 0.15) is 5.75 Å². The highest BCUT2D eigenvalue weighted by Crippen LogP contribution is 2.13. The van der Waals surface area contributed by atoms with Crippen molar-refractivity contribution in [3.63, 3.8) is 0 Å². The number of hydrogen-bond acceptors (Lipinski definition) is 4. The summed E-state index contributed by atoms with van der Waals surface area (Å²) >= 11 is 0. The van der Waals surface area contributed by atoms with Gasteiger partial charge >= 0.3 is 5.97 Å². The number of carboxylic acids is 1. The first-order chi connectivity index (χ1) is 9.01. The zero-order valence-electron chi connectivity index (χ0n) is 11.5. The van der Waals surface area contributed by atoms with E-state index in [4.69, 9.17) is 15.6 Å². The number of benzene rings is 1. The Hall–Kier alpha value is -1.59. The lowest BCUT2D eigenvalue weighted by molar-refractivity contribution is -0.137. The summed E-state index contributed by atoms with van der Waals surface area (Å²) in [5.74, 6) is -0.00144. The van der Waals surface area contributed by atoms with E-state index in [2.05, 4.69) is 0 Å². The van der Waals surface area contributed by atoms with Crippen molar-refractivity contribution in [1.29, 1.82) is 0 Å². The topological polar surface area (TPSA) is 75.8 Å². The largest absolute Gasteiger partial charge is 0.494 e. The van der Waals surface area contributed by atoms with Gasteiger partial charge in [0.25, 0.3) is 0 Å². The molecule has 0 saturated carbocycles. The van der Waals surface area contributed by atoms with Crippen LogP contribution >= 0.6 is 0 Å². The summed E-state index contributed by atoms with van der Waals surface area (Å²) in [5, 5.41) is 8.66. The van der Waals surface area contributed by atoms with E-state index in [1.54, 1.807) is 0 Å². The quantitative estimate of drug-likeness (QED) is 0.742. The van der Waals surface area contributed by atoms with Crippen molar-refractivity contribution in [1.82, 2.24) is 4.90 Å². The molecule has 5 heteroatoms. The van der Waals surface area contributed by atoms with Crippen LogP contribution in [0.1, 0.15) is 18.9 Å². The molecule has 5 nitrogen and oxygen atoms in total. The highest BCUT2D eigenvalue weighted by Gasteiger charge is 2.11. The van der Waals surface area contributed by atoms with Gasteiger partial charge in [0.15, 0.2) is 0 Å². The molecule has 0 aliphatic rings. The molecule has 0 spiro atoms. The van der Waals surface area contributed by atoms with Crippen molar-refractivity contribution >= 4 is 5.97 Å². The van der Waals surface area contributed by atoms with Gasteiger partial charge in [-0.2, -0.15) is 0 Å². The molecule has 1 aromatic carbocycles. The molecule has 1 unspecified atom stereocenters. The summed E-state index contributed by atoms with van der Waals surface area (Å²) in [7, 11) is 1.93. The molecule has 106 valence electrons. The number of carbonyl (C=O) groups is 1. The Labute approximate surface area is 114 Å². The molecule has 0 amide bonds. The maximum atomic E-state index is 10.5. The van der Waals surface area contributed by atoms with Gasteiger partial charge in [-0.25, -0.2) is 0 Å². The van der Waals surface area contributed by atoms with Crippen molar-refractivity contribution in [3.05, 3.63) is 29.8 Å². The third-order valence-electron chi connectivity index (χ3n) is 2.67. The van der Waals surface area contributed by atoms with Crippen LogP contribution in [0.15, 0.2) is 24.3 Å². The molecule has 0 aromatic heterocycles. The van der Waals surface area contributed by atoms with Gasteiger partial charge in [0.2, 0.25) is 0 Å². The normalized spacial score (nSPS) is 12.4. The third-order valence-corrected chi connectivity index (χ3v) is 2.67. The van der Waals surface area contributed by atoms with Crippen LogP contribution in [0.3, 0.4) is 0 Å². The van der Waals surface area contributed by atoms with Crippen molar-refractivity contribution in [2.24, 2.45) is 5.73 Å². The van der Waals surface area contributed by atoms with Crippen molar-refractivity contribution in [2.45, 2.75) is 25.9 Å². The molecule has 1 rings (SSSR count). The van der Waals surface area contributed by atoms with Crippen LogP contribution in [0.2, 0.25) is 0 Å². The van der Waals surface area contributed by atoms with E-state index in [0.29, 0.717) is 13.2 Å². The number of hydrogen-bond donors (Lipinski definition) is 2. The molecular weight excluding hydrogens is 244 g/mol. The first-order valence-corrected chi connectivity index (χ1v) is 6.39. The molecule has 1 aromatic rings. The summed E-state index contributed by atoms with van der Waals surface area (Å²) in [4.78, 5) is 12.6. The maximum absolute atomic E-state index is 10.5. The Balaban J connectivity index is 2.43. The van der Waals surface area contributed by atoms with Crippen LogP contribution in [-0.4, -0.2) is 42.2 Å². The lowest BCUT2D eigenvalue weighted by Crippen LogP contribution is -2.36. The van der Waals surface area contributed by atoms with Gasteiger partial charge in [0.05, 0.1) is 13.0 Å². The third kappa shape index (κ3) is 6.22. The minimum atomic E-state index is -0.859. The van der Waals surface area contributed by atoms with Gasteiger partial charge in [-0.15, -0.1) is 0 Å². The average molecular weight is 266 g/mol. The highest BCUT2D eigenvalue weighted by molar-refractivity contribution is 5.67. The molecule has 0 aliphatic carbocycles. The number of ether oxygens (including phenoxy) is 1. The summed E-state index contributed by atoms with van der Waals surface area (Å²) in [6.45, 7) is 3.90. The average Bonchev–Trinajstić information content (AvgIpc) is 2.30. The maximum Gasteiger partial charge on any atom is 0.304 e. The Morgan fingerprint density at radius 1 is 1.42 bits per heavy atom. The van der Waals surface area contributed by atoms with Crippen molar-refractivity contribution in [2.75, 3.05) is 20.2 Å². The number of rotatable bonds is 8. The highest BCUT2D eigenvalue weighted by atomic mass is 16.5. The standard InChI is InChI=1S/C14H22N2O3/c1-3-19-13-6-4-11(5-7-13)9-16(2)10-12(15)8-14(17)18/h4-7,12H,3,8-10,15H2,1-2H3,(H,17,18). The fraction of sp³-hybridized carbons (Fsp3) is 0.500. The molecule has 1 atom stereocenters. The number of likely N-dealkylation sites (N-methyl/N-ethyl adjacent to an activating group) is 1. The van der Waals surface area contributed by atoms with Crippen molar-refractivity contribution in [3.8, 4) is 5.75 Å². The second-order valence-corrected chi connectivity index (χ2v) is 4.63. The molecule has 0 aliphatic heterocycles. The predicted molar refractivity (Wildman–Crippen MR) is 74.2 cm³/mol. The van der Waals surface area contributed by atoms with Gasteiger partial charge < -0.3 is 20.5 Å². The summed E-state index contributed by atoms with van der Waals surface area (Å²) in [5.41, 5.74) is 6.90. The van der Waals surface area contributed by atoms with E-state index < -0.39 is 5.97 Å². The van der Waals surface area contributed by atoms with E-state index in [1.165, 1.54) is 0 Å². The minimum Gasteiger partial charge on any atom is -0.494 e. The van der Waals surface area contributed by atoms with Gasteiger partial charge in [-0.1, -0.05) is 12.1 Å². The van der Waals surface area contributed by atoms with Gasteiger partial charge in [0, 0.05) is 19.1 Å². The second-order valence-electron chi connectivity index (χ2n) is 4.63. The van der Waals surface area contributed by atoms with E-state index in [-0.39, 0.29) is 12.5 Å². The van der Waals surface area contributed by atoms with Crippen LogP contribution in [0.4, 0.5) is 0 Å². The lowest BCUT2D eigenvalue weighted by Gasteiger charge is -2.20. The fourth-order valence-corrected chi connectivity index (χ4v) is 1.92. The first kappa shape index (κ1) is 15.5. The zero-order valence-corrected chi connectivity index (χ0v) is 11.5. The Kier molecular flexibility index (Phi) is 6.32. The van der Waals surface area contributed by atoms with Crippen LogP contribution < -0.4 is 10.5 Å². The van der Waals surface area contributed by atoms with Crippen LogP contribution in [-0.2, 0) is 11.3 Å². The van der Waals surface area contributed by atoms with Crippen LogP contribution in [0.5, 0.6) is 5.75 Å². The first-order valence-electron chi connectivity index (χ1n) is 6.39. The number of nitrogens with two attached hydrogens (primary N) is 1. The SMILES string of the molecule is CCOc1ccc(CN(C)CC(N)CC(=O)O)cc1. The summed E-state index contributed by atoms with van der Waals surface area (Å²) < 4.78 is 5.38. The zero-order chi connectivity index (χ0) is 14.3. The molecule has 19 heavy (non-hydrogen) atoms. The number of nitrogens with zero attached hydrogens (tertiary/aromatic N) is 1. The fourth-order valence-electron chi connectivity index (χ4n) is 1.92. The van der Waals surface area contributed by atoms with Crippen molar-refractivity contribution < 1.29 is 14.6 Å². The molecular formula is C14H22N2O3. The Morgan fingerprint density at radius 2 is 2.05 bits per heavy atom. The molecule has 3 N–H and O–H groups in total. The second kappa shape index (κ2) is 7.76. The van der Waals surface area contributed by atoms with Gasteiger partial charge in [-0.3, -0.25) is 4.79 Å². The Morgan fingerprint density at radius 3 is 2.58 bits per heavy atom. The van der Waals surface area contributed by atoms with E-state index in [0.717, 1.165) is 17.9 Å². The molecule has 0 saturated heterocycles. The summed E-state index contributed by atoms with van der Waals surface area (Å²) in [6.07, 6.45) is -0.00633. The molecule has 0 bridgehead atoms. The van der Waals surface area contributed by atoms with Gasteiger partial charge in [-0.05, 0) is 31.7 Å². The van der Waals surface area contributed by atoms with E-state index in [1.807, 2.05) is 43.1 Å². The smallest absolute Gasteiger partial charge is 0.304 e. The molecule has 0 heterocycles. The van der Waals surface area contributed by atoms with E-state index in [9.17, 15) is 4.79 Å². The summed E-state index contributed by atoms with van der Waals surface area (Å²) in [6, 6.07) is 7.53. The molecule has 0 radical (unpaired) electrons. The van der Waals surface area contributed by atoms with E-state index >= 15 is 0 Å². The lowest BCUT2D eigenvalue weighted by atomic mass is 10.1. The minimum absolute atomic E-state index is 0.00633. The number of aliphatic carboxylic acids is 1. The number of carboxylic acid groups (broad SMARTS) is 1. The molecule has 0 fully saturated rings. The van der Waals surface area contributed by atoms with Crippen LogP contribution in [0.25, 0.3) is 0 Å². The van der Waals surface area contributed by atoms with Crippen LogP contribution in [0, 0.1) is 0 Å².